The molecule has 140 valence electrons. The number of carbonyl (C=O) groups is 1. The maximum absolute atomic E-state index is 12.8. The van der Waals surface area contributed by atoms with Crippen molar-refractivity contribution in [2.24, 2.45) is 0 Å². The lowest BCUT2D eigenvalue weighted by Gasteiger charge is -2.34. The Labute approximate surface area is 151 Å². The number of hydrogen-bond donors (Lipinski definition) is 1. The van der Waals surface area contributed by atoms with E-state index in [1.54, 1.807) is 17.0 Å². The van der Waals surface area contributed by atoms with E-state index in [9.17, 15) is 13.2 Å². The van der Waals surface area contributed by atoms with E-state index in [1.165, 1.54) is 4.31 Å². The van der Waals surface area contributed by atoms with Crippen molar-refractivity contribution in [3.05, 3.63) is 29.8 Å². The Morgan fingerprint density at radius 3 is 2.12 bits per heavy atom. The van der Waals surface area contributed by atoms with E-state index in [-0.39, 0.29) is 11.4 Å². The minimum absolute atomic E-state index is 0.0141. The lowest BCUT2D eigenvalue weighted by molar-refractivity contribution is 0.172. The number of nitrogens with one attached hydrogen (secondary N) is 1. The summed E-state index contributed by atoms with van der Waals surface area (Å²) in [5.41, 5.74) is 1.09. The van der Waals surface area contributed by atoms with Gasteiger partial charge in [-0.15, -0.1) is 0 Å². The van der Waals surface area contributed by atoms with Gasteiger partial charge in [-0.25, -0.2) is 13.2 Å². The molecule has 2 amide bonds. The van der Waals surface area contributed by atoms with E-state index in [1.807, 2.05) is 19.1 Å². The van der Waals surface area contributed by atoms with Gasteiger partial charge in [0.2, 0.25) is 10.0 Å². The van der Waals surface area contributed by atoms with Crippen LogP contribution in [-0.2, 0) is 15.4 Å². The summed E-state index contributed by atoms with van der Waals surface area (Å²) in [5, 5.41) is 2.83. The van der Waals surface area contributed by atoms with Crippen LogP contribution in [0.1, 0.15) is 39.7 Å². The molecule has 0 bridgehead atoms. The molecule has 0 saturated carbocycles. The van der Waals surface area contributed by atoms with Crippen LogP contribution in [0.25, 0.3) is 0 Å². The van der Waals surface area contributed by atoms with Gasteiger partial charge in [0.1, 0.15) is 0 Å². The van der Waals surface area contributed by atoms with Crippen molar-refractivity contribution in [2.45, 2.75) is 44.4 Å². The Kier molecular flexibility index (Phi) is 6.11. The van der Waals surface area contributed by atoms with Gasteiger partial charge in [-0.1, -0.05) is 39.8 Å². The van der Waals surface area contributed by atoms with Gasteiger partial charge in [0.25, 0.3) is 0 Å². The Balaban J connectivity index is 2.03. The lowest BCUT2D eigenvalue weighted by atomic mass is 9.87. The second-order valence-corrected chi connectivity index (χ2v) is 9.34. The molecule has 0 spiro atoms. The molecule has 0 aliphatic carbocycles. The molecule has 7 heteroatoms. The molecule has 1 aromatic carbocycles. The third-order valence-electron chi connectivity index (χ3n) is 4.41. The maximum atomic E-state index is 12.8. The predicted molar refractivity (Wildman–Crippen MR) is 99.2 cm³/mol. The van der Waals surface area contributed by atoms with Gasteiger partial charge in [-0.3, -0.25) is 0 Å². The van der Waals surface area contributed by atoms with Crippen LogP contribution in [0.15, 0.2) is 29.2 Å². The maximum Gasteiger partial charge on any atom is 0.317 e. The van der Waals surface area contributed by atoms with Crippen LogP contribution >= 0.6 is 0 Å². The van der Waals surface area contributed by atoms with Crippen LogP contribution in [0.3, 0.4) is 0 Å². The van der Waals surface area contributed by atoms with E-state index in [4.69, 9.17) is 0 Å². The summed E-state index contributed by atoms with van der Waals surface area (Å²) in [6.45, 7) is 10.4. The summed E-state index contributed by atoms with van der Waals surface area (Å²) in [6.07, 6.45) is 0.880. The first-order valence-electron chi connectivity index (χ1n) is 8.79. The molecular formula is C18H29N3O3S. The molecule has 1 fully saturated rings. The van der Waals surface area contributed by atoms with Crippen LogP contribution in [0, 0.1) is 0 Å². The van der Waals surface area contributed by atoms with Crippen LogP contribution in [0.5, 0.6) is 0 Å². The minimum atomic E-state index is -3.52. The number of urea groups is 1. The number of piperazine rings is 1. The van der Waals surface area contributed by atoms with E-state index in [2.05, 4.69) is 26.1 Å². The second-order valence-electron chi connectivity index (χ2n) is 7.40. The first kappa shape index (κ1) is 19.7. The highest BCUT2D eigenvalue weighted by molar-refractivity contribution is 7.89. The molecule has 1 aromatic rings. The topological polar surface area (TPSA) is 69.7 Å². The third kappa shape index (κ3) is 4.73. The summed E-state index contributed by atoms with van der Waals surface area (Å²) < 4.78 is 27.1. The highest BCUT2D eigenvalue weighted by Crippen LogP contribution is 2.25. The zero-order valence-electron chi connectivity index (χ0n) is 15.6. The highest BCUT2D eigenvalue weighted by Gasteiger charge is 2.30. The Hall–Kier alpha value is -1.60. The number of benzene rings is 1. The average Bonchev–Trinajstić information content (AvgIpc) is 2.59. The molecule has 1 aliphatic heterocycles. The fourth-order valence-electron chi connectivity index (χ4n) is 2.75. The molecule has 6 nitrogen and oxygen atoms in total. The quantitative estimate of drug-likeness (QED) is 0.888. The largest absolute Gasteiger partial charge is 0.338 e. The standard InChI is InChI=1S/C18H29N3O3S/c1-5-10-19-17(22)20-11-13-21(14-12-20)25(23,24)16-8-6-15(7-9-16)18(2,3)4/h6-9H,5,10-14H2,1-4H3,(H,19,22). The van der Waals surface area contributed by atoms with Crippen molar-refractivity contribution < 1.29 is 13.2 Å². The number of nitrogens with zero attached hydrogens (tertiary/aromatic N) is 2. The van der Waals surface area contributed by atoms with E-state index in [0.717, 1.165) is 12.0 Å². The van der Waals surface area contributed by atoms with E-state index < -0.39 is 10.0 Å². The predicted octanol–water partition coefficient (Wildman–Crippen LogP) is 2.41. The van der Waals surface area contributed by atoms with Gasteiger partial charge in [0.15, 0.2) is 0 Å². The molecule has 0 atom stereocenters. The lowest BCUT2D eigenvalue weighted by Crippen LogP contribution is -2.53. The van der Waals surface area contributed by atoms with Crippen molar-refractivity contribution >= 4 is 16.1 Å². The number of amides is 2. The van der Waals surface area contributed by atoms with Gasteiger partial charge >= 0.3 is 6.03 Å². The number of rotatable bonds is 4. The summed E-state index contributed by atoms with van der Waals surface area (Å²) in [6, 6.07) is 6.99. The summed E-state index contributed by atoms with van der Waals surface area (Å²) >= 11 is 0. The number of sulfonamides is 1. The molecule has 2 rings (SSSR count). The second kappa shape index (κ2) is 7.74. The minimum Gasteiger partial charge on any atom is -0.338 e. The van der Waals surface area contributed by atoms with Gasteiger partial charge in [-0.05, 0) is 29.5 Å². The monoisotopic (exact) mass is 367 g/mol. The number of carbonyl (C=O) groups excluding carboxylic acids is 1. The summed E-state index contributed by atoms with van der Waals surface area (Å²) in [5.74, 6) is 0. The summed E-state index contributed by atoms with van der Waals surface area (Å²) in [4.78, 5) is 13.9. The zero-order chi connectivity index (χ0) is 18.7. The van der Waals surface area contributed by atoms with Gasteiger partial charge in [-0.2, -0.15) is 4.31 Å². The molecule has 0 aromatic heterocycles. The van der Waals surface area contributed by atoms with Crippen molar-refractivity contribution in [2.75, 3.05) is 32.7 Å². The molecule has 1 aliphatic rings. The first-order chi connectivity index (χ1) is 11.7. The molecule has 0 unspecified atom stereocenters. The first-order valence-corrected chi connectivity index (χ1v) is 10.2. The summed E-state index contributed by atoms with van der Waals surface area (Å²) in [7, 11) is -3.52. The third-order valence-corrected chi connectivity index (χ3v) is 6.32. The number of hydrogen-bond acceptors (Lipinski definition) is 3. The molecule has 1 saturated heterocycles. The molecule has 25 heavy (non-hydrogen) atoms. The van der Waals surface area contributed by atoms with E-state index in [0.29, 0.717) is 37.6 Å². The van der Waals surface area contributed by atoms with Crippen LogP contribution < -0.4 is 5.32 Å². The van der Waals surface area contributed by atoms with Crippen LogP contribution in [0.4, 0.5) is 4.79 Å². The average molecular weight is 368 g/mol. The highest BCUT2D eigenvalue weighted by atomic mass is 32.2. The molecule has 1 heterocycles. The van der Waals surface area contributed by atoms with Gasteiger partial charge in [0, 0.05) is 32.7 Å². The van der Waals surface area contributed by atoms with Crippen LogP contribution in [0.2, 0.25) is 0 Å². The Morgan fingerprint density at radius 2 is 1.64 bits per heavy atom. The molecule has 0 radical (unpaired) electrons. The zero-order valence-corrected chi connectivity index (χ0v) is 16.4. The van der Waals surface area contributed by atoms with Gasteiger partial charge in [0.05, 0.1) is 4.90 Å². The molecular weight excluding hydrogens is 338 g/mol. The van der Waals surface area contributed by atoms with Crippen molar-refractivity contribution in [1.29, 1.82) is 0 Å². The van der Waals surface area contributed by atoms with E-state index >= 15 is 0 Å². The van der Waals surface area contributed by atoms with Crippen LogP contribution in [-0.4, -0.2) is 56.4 Å². The smallest absolute Gasteiger partial charge is 0.317 e. The SMILES string of the molecule is CCCNC(=O)N1CCN(S(=O)(=O)c2ccc(C(C)(C)C)cc2)CC1. The fourth-order valence-corrected chi connectivity index (χ4v) is 4.17. The Morgan fingerprint density at radius 1 is 1.08 bits per heavy atom. The van der Waals surface area contributed by atoms with Crippen molar-refractivity contribution in [3.8, 4) is 0 Å². The molecule has 1 N–H and O–H groups in total. The Bertz CT molecular complexity index is 685. The normalized spacial score (nSPS) is 16.7. The van der Waals surface area contributed by atoms with Gasteiger partial charge < -0.3 is 10.2 Å². The van der Waals surface area contributed by atoms with Crippen molar-refractivity contribution in [1.82, 2.24) is 14.5 Å². The van der Waals surface area contributed by atoms with Crippen molar-refractivity contribution in [3.63, 3.8) is 0 Å². The fraction of sp³-hybridized carbons (Fsp3) is 0.611.